The Morgan fingerprint density at radius 1 is 1.26 bits per heavy atom. The fourth-order valence-electron chi connectivity index (χ4n) is 3.86. The van der Waals surface area contributed by atoms with Gasteiger partial charge in [0, 0.05) is 25.2 Å². The fourth-order valence-corrected chi connectivity index (χ4v) is 3.86. The number of urea groups is 1. The molecule has 0 spiro atoms. The van der Waals surface area contributed by atoms with E-state index in [0.717, 1.165) is 37.9 Å². The van der Waals surface area contributed by atoms with E-state index in [1.54, 1.807) is 0 Å². The van der Waals surface area contributed by atoms with Crippen LogP contribution >= 0.6 is 0 Å². The van der Waals surface area contributed by atoms with Crippen molar-refractivity contribution >= 4 is 6.03 Å². The van der Waals surface area contributed by atoms with E-state index in [1.165, 1.54) is 0 Å². The molecule has 0 radical (unpaired) electrons. The zero-order valence-corrected chi connectivity index (χ0v) is 13.4. The first-order valence-corrected chi connectivity index (χ1v) is 8.62. The second-order valence-corrected chi connectivity index (χ2v) is 6.49. The molecule has 4 atom stereocenters. The van der Waals surface area contributed by atoms with Crippen LogP contribution in [0.25, 0.3) is 0 Å². The number of carbonyl (C=O) groups is 1. The molecule has 126 valence electrons. The van der Waals surface area contributed by atoms with Crippen LogP contribution in [0.5, 0.6) is 0 Å². The van der Waals surface area contributed by atoms with Crippen LogP contribution < -0.4 is 10.6 Å². The van der Waals surface area contributed by atoms with Crippen LogP contribution in [0.2, 0.25) is 0 Å². The first-order valence-electron chi connectivity index (χ1n) is 8.62. The van der Waals surface area contributed by atoms with Crippen LogP contribution in [0.3, 0.4) is 0 Å². The Kier molecular flexibility index (Phi) is 5.51. The number of aliphatic hydroxyl groups excluding tert-OH is 1. The lowest BCUT2D eigenvalue weighted by molar-refractivity contribution is 0.0548. The maximum atomic E-state index is 12.4. The Morgan fingerprint density at radius 2 is 2.09 bits per heavy atom. The third-order valence-electron chi connectivity index (χ3n) is 5.02. The lowest BCUT2D eigenvalue weighted by atomic mass is 9.82. The molecular weight excluding hydrogens is 292 g/mol. The number of benzene rings is 1. The standard InChI is InChI=1S/C18H26N2O3/c21-11-9-15(13-5-2-1-3-6-13)19-18(22)20-16-7-4-8-17-14(16)10-12-23-17/h1-3,5-6,14-17,21H,4,7-12H2,(H2,19,20,22)/t14?,15-,16?,17?/m1/s1. The topological polar surface area (TPSA) is 70.6 Å². The van der Waals surface area contributed by atoms with Crippen molar-refractivity contribution in [2.24, 2.45) is 5.92 Å². The Morgan fingerprint density at radius 3 is 2.87 bits per heavy atom. The summed E-state index contributed by atoms with van der Waals surface area (Å²) in [5.41, 5.74) is 1.02. The summed E-state index contributed by atoms with van der Waals surface area (Å²) in [5, 5.41) is 15.4. The summed E-state index contributed by atoms with van der Waals surface area (Å²) >= 11 is 0. The summed E-state index contributed by atoms with van der Waals surface area (Å²) in [7, 11) is 0. The van der Waals surface area contributed by atoms with E-state index in [-0.39, 0.29) is 24.7 Å². The number of carbonyl (C=O) groups excluding carboxylic acids is 1. The highest BCUT2D eigenvalue weighted by Crippen LogP contribution is 2.34. The van der Waals surface area contributed by atoms with Gasteiger partial charge in [-0.05, 0) is 37.7 Å². The van der Waals surface area contributed by atoms with E-state index in [9.17, 15) is 9.90 Å². The molecule has 1 aromatic rings. The lowest BCUT2D eigenvalue weighted by Crippen LogP contribution is -2.49. The van der Waals surface area contributed by atoms with E-state index in [4.69, 9.17) is 4.74 Å². The molecule has 1 saturated carbocycles. The van der Waals surface area contributed by atoms with E-state index in [0.29, 0.717) is 18.4 Å². The number of aliphatic hydroxyl groups is 1. The predicted octanol–water partition coefficient (Wildman–Crippen LogP) is 2.37. The van der Waals surface area contributed by atoms with Gasteiger partial charge in [0.2, 0.25) is 0 Å². The largest absolute Gasteiger partial charge is 0.396 e. The summed E-state index contributed by atoms with van der Waals surface area (Å²) in [4.78, 5) is 12.4. The van der Waals surface area contributed by atoms with Crippen molar-refractivity contribution in [1.29, 1.82) is 0 Å². The smallest absolute Gasteiger partial charge is 0.315 e. The minimum absolute atomic E-state index is 0.0435. The minimum Gasteiger partial charge on any atom is -0.396 e. The molecule has 1 saturated heterocycles. The van der Waals surface area contributed by atoms with Crippen molar-refractivity contribution in [1.82, 2.24) is 10.6 Å². The van der Waals surface area contributed by atoms with Gasteiger partial charge in [-0.1, -0.05) is 30.3 Å². The number of ether oxygens (including phenoxy) is 1. The van der Waals surface area contributed by atoms with E-state index >= 15 is 0 Å². The number of hydrogen-bond donors (Lipinski definition) is 3. The second-order valence-electron chi connectivity index (χ2n) is 6.49. The molecule has 2 aliphatic rings. The average Bonchev–Trinajstić information content (AvgIpc) is 3.05. The van der Waals surface area contributed by atoms with Gasteiger partial charge in [-0.2, -0.15) is 0 Å². The van der Waals surface area contributed by atoms with E-state index < -0.39 is 0 Å². The van der Waals surface area contributed by atoms with Crippen molar-refractivity contribution in [3.8, 4) is 0 Å². The van der Waals surface area contributed by atoms with Crippen molar-refractivity contribution in [2.75, 3.05) is 13.2 Å². The van der Waals surface area contributed by atoms with Crippen molar-refractivity contribution in [3.05, 3.63) is 35.9 Å². The maximum Gasteiger partial charge on any atom is 0.315 e. The highest BCUT2D eigenvalue weighted by Gasteiger charge is 2.38. The van der Waals surface area contributed by atoms with Gasteiger partial charge in [0.05, 0.1) is 12.1 Å². The van der Waals surface area contributed by atoms with Crippen LogP contribution in [0, 0.1) is 5.92 Å². The molecular formula is C18H26N2O3. The monoisotopic (exact) mass is 318 g/mol. The highest BCUT2D eigenvalue weighted by molar-refractivity contribution is 5.74. The number of nitrogens with one attached hydrogen (secondary N) is 2. The third-order valence-corrected chi connectivity index (χ3v) is 5.02. The first kappa shape index (κ1) is 16.3. The van der Waals surface area contributed by atoms with Gasteiger partial charge < -0.3 is 20.5 Å². The molecule has 1 aliphatic heterocycles. The quantitative estimate of drug-likeness (QED) is 0.780. The molecule has 3 N–H and O–H groups in total. The highest BCUT2D eigenvalue weighted by atomic mass is 16.5. The predicted molar refractivity (Wildman–Crippen MR) is 88.0 cm³/mol. The van der Waals surface area contributed by atoms with Crippen LogP contribution in [-0.4, -0.2) is 36.5 Å². The van der Waals surface area contributed by atoms with Crippen LogP contribution in [0.1, 0.15) is 43.7 Å². The molecule has 0 aromatic heterocycles. The summed E-state index contributed by atoms with van der Waals surface area (Å²) in [6, 6.07) is 9.67. The fraction of sp³-hybridized carbons (Fsp3) is 0.611. The van der Waals surface area contributed by atoms with Gasteiger partial charge in [0.25, 0.3) is 0 Å². The zero-order chi connectivity index (χ0) is 16.1. The molecule has 23 heavy (non-hydrogen) atoms. The van der Waals surface area contributed by atoms with E-state index in [2.05, 4.69) is 10.6 Å². The number of amides is 2. The van der Waals surface area contributed by atoms with E-state index in [1.807, 2.05) is 30.3 Å². The Hall–Kier alpha value is -1.59. The molecule has 1 aromatic carbocycles. The first-order chi connectivity index (χ1) is 11.3. The Bertz CT molecular complexity index is 508. The molecule has 5 heteroatoms. The summed E-state index contributed by atoms with van der Waals surface area (Å²) in [5.74, 6) is 0.447. The molecule has 0 bridgehead atoms. The number of hydrogen-bond acceptors (Lipinski definition) is 3. The molecule has 1 heterocycles. The molecule has 2 amide bonds. The van der Waals surface area contributed by atoms with Gasteiger partial charge in [0.15, 0.2) is 0 Å². The molecule has 3 unspecified atom stereocenters. The van der Waals surface area contributed by atoms with Crippen molar-refractivity contribution in [3.63, 3.8) is 0 Å². The molecule has 2 fully saturated rings. The van der Waals surface area contributed by atoms with Gasteiger partial charge in [-0.25, -0.2) is 4.79 Å². The molecule has 5 nitrogen and oxygen atoms in total. The van der Waals surface area contributed by atoms with Crippen molar-refractivity contribution < 1.29 is 14.6 Å². The van der Waals surface area contributed by atoms with Crippen LogP contribution in [0.4, 0.5) is 4.79 Å². The second kappa shape index (κ2) is 7.79. The third kappa shape index (κ3) is 4.03. The lowest BCUT2D eigenvalue weighted by Gasteiger charge is -2.33. The van der Waals surface area contributed by atoms with Crippen LogP contribution in [-0.2, 0) is 4.74 Å². The average molecular weight is 318 g/mol. The van der Waals surface area contributed by atoms with Crippen molar-refractivity contribution in [2.45, 2.75) is 50.3 Å². The van der Waals surface area contributed by atoms with Gasteiger partial charge >= 0.3 is 6.03 Å². The Labute approximate surface area is 137 Å². The van der Waals surface area contributed by atoms with Gasteiger partial charge in [-0.3, -0.25) is 0 Å². The Balaban J connectivity index is 1.58. The van der Waals surface area contributed by atoms with Crippen LogP contribution in [0.15, 0.2) is 30.3 Å². The van der Waals surface area contributed by atoms with Gasteiger partial charge in [0.1, 0.15) is 0 Å². The maximum absolute atomic E-state index is 12.4. The summed E-state index contributed by atoms with van der Waals surface area (Å²) in [6.45, 7) is 0.855. The zero-order valence-electron chi connectivity index (χ0n) is 13.4. The molecule has 3 rings (SSSR count). The summed E-state index contributed by atoms with van der Waals surface area (Å²) in [6.07, 6.45) is 5.10. The van der Waals surface area contributed by atoms with Gasteiger partial charge in [-0.15, -0.1) is 0 Å². The molecule has 1 aliphatic carbocycles. The number of fused-ring (bicyclic) bond motifs is 1. The normalized spacial score (nSPS) is 28.0. The summed E-state index contributed by atoms with van der Waals surface area (Å²) < 4.78 is 5.75. The number of rotatable bonds is 5. The minimum atomic E-state index is -0.166. The SMILES string of the molecule is O=C(NC1CCCC2OCCC12)N[C@H](CCO)c1ccccc1.